The van der Waals surface area contributed by atoms with Crippen LogP contribution in [0.15, 0.2) is 12.3 Å². The van der Waals surface area contributed by atoms with Gasteiger partial charge in [-0.25, -0.2) is 0 Å². The maximum Gasteiger partial charge on any atom is 0.0935 e. The summed E-state index contributed by atoms with van der Waals surface area (Å²) >= 11 is 0. The second-order valence-electron chi connectivity index (χ2n) is 4.57. The monoisotopic (exact) mass is 169 g/mol. The summed E-state index contributed by atoms with van der Waals surface area (Å²) in [6.07, 6.45) is 0. The minimum Gasteiger partial charge on any atom is -0.512 e. The zero-order valence-corrected chi connectivity index (χ0v) is 8.30. The molecule has 0 saturated carbocycles. The Balaban J connectivity index is 2.32. The van der Waals surface area contributed by atoms with Gasteiger partial charge in [-0.15, -0.1) is 0 Å². The molecule has 0 unspecified atom stereocenters. The van der Waals surface area contributed by atoms with E-state index in [0.717, 1.165) is 19.6 Å². The predicted molar refractivity (Wildman–Crippen MR) is 51.2 cm³/mol. The molecular formula is C10H19NO. The van der Waals surface area contributed by atoms with Crippen LogP contribution in [-0.2, 0) is 0 Å². The number of likely N-dealkylation sites (tertiary alicyclic amines) is 1. The fourth-order valence-electron chi connectivity index (χ4n) is 1.77. The third-order valence-electron chi connectivity index (χ3n) is 2.47. The maximum atomic E-state index is 9.26. The van der Waals surface area contributed by atoms with E-state index < -0.39 is 0 Å². The molecule has 1 saturated heterocycles. The number of nitrogens with zero attached hydrogens (tertiary/aromatic N) is 1. The molecule has 2 heteroatoms. The van der Waals surface area contributed by atoms with E-state index in [2.05, 4.69) is 32.3 Å². The third kappa shape index (κ3) is 1.81. The molecule has 1 N–H and O–H groups in total. The molecule has 0 aromatic rings. The van der Waals surface area contributed by atoms with Crippen molar-refractivity contribution in [3.63, 3.8) is 0 Å². The standard InChI is InChI=1S/C10H19NO/c1-8(2)5-11-6-10(4,7-11)9(3)12/h8,12H,3,5-7H2,1-2,4H3. The van der Waals surface area contributed by atoms with Crippen molar-refractivity contribution in [3.05, 3.63) is 12.3 Å². The number of aliphatic hydroxyl groups is 1. The van der Waals surface area contributed by atoms with E-state index in [9.17, 15) is 5.11 Å². The summed E-state index contributed by atoms with van der Waals surface area (Å²) in [5, 5.41) is 9.26. The second kappa shape index (κ2) is 3.09. The van der Waals surface area contributed by atoms with Crippen LogP contribution in [0.5, 0.6) is 0 Å². The lowest BCUT2D eigenvalue weighted by Crippen LogP contribution is -2.56. The van der Waals surface area contributed by atoms with Gasteiger partial charge >= 0.3 is 0 Å². The molecule has 0 radical (unpaired) electrons. The van der Waals surface area contributed by atoms with Crippen molar-refractivity contribution in [2.75, 3.05) is 19.6 Å². The van der Waals surface area contributed by atoms with E-state index >= 15 is 0 Å². The summed E-state index contributed by atoms with van der Waals surface area (Å²) in [6, 6.07) is 0. The first kappa shape index (κ1) is 9.59. The number of hydrogen-bond acceptors (Lipinski definition) is 2. The Morgan fingerprint density at radius 1 is 1.58 bits per heavy atom. The van der Waals surface area contributed by atoms with E-state index in [1.807, 2.05) is 0 Å². The number of aliphatic hydroxyl groups excluding tert-OH is 1. The van der Waals surface area contributed by atoms with Crippen LogP contribution >= 0.6 is 0 Å². The van der Waals surface area contributed by atoms with E-state index in [-0.39, 0.29) is 5.41 Å². The van der Waals surface area contributed by atoms with Gasteiger partial charge in [0, 0.05) is 25.0 Å². The minimum absolute atomic E-state index is 0.0328. The smallest absolute Gasteiger partial charge is 0.0935 e. The normalized spacial score (nSPS) is 22.3. The molecule has 1 fully saturated rings. The number of rotatable bonds is 3. The van der Waals surface area contributed by atoms with Crippen LogP contribution in [-0.4, -0.2) is 29.6 Å². The molecule has 2 nitrogen and oxygen atoms in total. The van der Waals surface area contributed by atoms with Gasteiger partial charge in [0.15, 0.2) is 0 Å². The molecule has 1 aliphatic rings. The predicted octanol–water partition coefficient (Wildman–Crippen LogP) is 2.04. The van der Waals surface area contributed by atoms with Gasteiger partial charge in [0.2, 0.25) is 0 Å². The molecule has 1 heterocycles. The molecule has 0 aromatic carbocycles. The molecule has 1 rings (SSSR count). The first-order valence-electron chi connectivity index (χ1n) is 4.55. The van der Waals surface area contributed by atoms with Gasteiger partial charge in [-0.2, -0.15) is 0 Å². The Labute approximate surface area is 74.9 Å². The van der Waals surface area contributed by atoms with Gasteiger partial charge in [0.1, 0.15) is 0 Å². The zero-order valence-electron chi connectivity index (χ0n) is 8.30. The lowest BCUT2D eigenvalue weighted by Gasteiger charge is -2.48. The van der Waals surface area contributed by atoms with Crippen LogP contribution in [0, 0.1) is 11.3 Å². The van der Waals surface area contributed by atoms with Crippen LogP contribution in [0.25, 0.3) is 0 Å². The highest BCUT2D eigenvalue weighted by atomic mass is 16.3. The summed E-state index contributed by atoms with van der Waals surface area (Å²) in [6.45, 7) is 13.1. The van der Waals surface area contributed by atoms with Crippen LogP contribution in [0.2, 0.25) is 0 Å². The molecule has 0 atom stereocenters. The van der Waals surface area contributed by atoms with Gasteiger partial charge < -0.3 is 10.0 Å². The summed E-state index contributed by atoms with van der Waals surface area (Å²) in [5.74, 6) is 1.05. The van der Waals surface area contributed by atoms with Crippen LogP contribution in [0.4, 0.5) is 0 Å². The lowest BCUT2D eigenvalue weighted by atomic mass is 9.80. The molecule has 0 spiro atoms. The summed E-state index contributed by atoms with van der Waals surface area (Å²) < 4.78 is 0. The molecule has 12 heavy (non-hydrogen) atoms. The Kier molecular flexibility index (Phi) is 2.47. The molecule has 1 aliphatic heterocycles. The highest BCUT2D eigenvalue weighted by molar-refractivity contribution is 5.08. The van der Waals surface area contributed by atoms with Crippen molar-refractivity contribution in [1.29, 1.82) is 0 Å². The van der Waals surface area contributed by atoms with Crippen molar-refractivity contribution in [2.24, 2.45) is 11.3 Å². The Bertz CT molecular complexity index is 180. The maximum absolute atomic E-state index is 9.26. The Hall–Kier alpha value is -0.500. The molecule has 0 bridgehead atoms. The topological polar surface area (TPSA) is 23.5 Å². The van der Waals surface area contributed by atoms with E-state index in [4.69, 9.17) is 0 Å². The first-order chi connectivity index (χ1) is 5.44. The molecular weight excluding hydrogens is 150 g/mol. The molecule has 0 aliphatic carbocycles. The molecule has 70 valence electrons. The van der Waals surface area contributed by atoms with Gasteiger partial charge in [-0.3, -0.25) is 0 Å². The highest BCUT2D eigenvalue weighted by Crippen LogP contribution is 2.35. The van der Waals surface area contributed by atoms with Crippen molar-refractivity contribution < 1.29 is 5.11 Å². The molecule has 0 aromatic heterocycles. The largest absolute Gasteiger partial charge is 0.512 e. The average Bonchev–Trinajstić information content (AvgIpc) is 1.82. The van der Waals surface area contributed by atoms with Crippen molar-refractivity contribution >= 4 is 0 Å². The van der Waals surface area contributed by atoms with E-state index in [1.165, 1.54) is 0 Å². The van der Waals surface area contributed by atoms with Crippen LogP contribution in [0.1, 0.15) is 20.8 Å². The second-order valence-corrected chi connectivity index (χ2v) is 4.57. The number of hydrogen-bond donors (Lipinski definition) is 1. The fraction of sp³-hybridized carbons (Fsp3) is 0.800. The van der Waals surface area contributed by atoms with E-state index in [1.54, 1.807) is 0 Å². The van der Waals surface area contributed by atoms with E-state index in [0.29, 0.717) is 11.7 Å². The summed E-state index contributed by atoms with van der Waals surface area (Å²) in [4.78, 5) is 2.35. The van der Waals surface area contributed by atoms with Gasteiger partial charge in [0.25, 0.3) is 0 Å². The van der Waals surface area contributed by atoms with Gasteiger partial charge in [-0.1, -0.05) is 27.4 Å². The van der Waals surface area contributed by atoms with Gasteiger partial charge in [-0.05, 0) is 5.92 Å². The summed E-state index contributed by atoms with van der Waals surface area (Å²) in [7, 11) is 0. The Morgan fingerprint density at radius 2 is 2.08 bits per heavy atom. The van der Waals surface area contributed by atoms with Crippen LogP contribution < -0.4 is 0 Å². The third-order valence-corrected chi connectivity index (χ3v) is 2.47. The average molecular weight is 169 g/mol. The fourth-order valence-corrected chi connectivity index (χ4v) is 1.77. The quantitative estimate of drug-likeness (QED) is 0.653. The SMILES string of the molecule is C=C(O)C1(C)CN(CC(C)C)C1. The first-order valence-corrected chi connectivity index (χ1v) is 4.55. The summed E-state index contributed by atoms with van der Waals surface area (Å²) in [5.41, 5.74) is -0.0328. The van der Waals surface area contributed by atoms with Crippen molar-refractivity contribution in [2.45, 2.75) is 20.8 Å². The van der Waals surface area contributed by atoms with Crippen LogP contribution in [0.3, 0.4) is 0 Å². The van der Waals surface area contributed by atoms with Gasteiger partial charge in [0.05, 0.1) is 5.76 Å². The van der Waals surface area contributed by atoms with Crippen molar-refractivity contribution in [3.8, 4) is 0 Å². The highest BCUT2D eigenvalue weighted by Gasteiger charge is 2.41. The Morgan fingerprint density at radius 3 is 2.42 bits per heavy atom. The zero-order chi connectivity index (χ0) is 9.35. The molecule has 0 amide bonds. The lowest BCUT2D eigenvalue weighted by molar-refractivity contribution is 0.00687. The van der Waals surface area contributed by atoms with Crippen molar-refractivity contribution in [1.82, 2.24) is 4.90 Å². The minimum atomic E-state index is -0.0328.